The smallest absolute Gasteiger partial charge is 0.323 e. The van der Waals surface area contributed by atoms with Crippen LogP contribution in [0.4, 0.5) is 5.69 Å². The number of hydrogen-bond acceptors (Lipinski definition) is 4. The minimum atomic E-state index is -0.281. The lowest BCUT2D eigenvalue weighted by molar-refractivity contribution is -0.111. The van der Waals surface area contributed by atoms with Gasteiger partial charge in [-0.25, -0.2) is 4.79 Å². The molecule has 0 saturated heterocycles. The van der Waals surface area contributed by atoms with Crippen LogP contribution in [0, 0.1) is 20.8 Å². The van der Waals surface area contributed by atoms with Gasteiger partial charge in [0.25, 0.3) is 0 Å². The molecule has 0 aliphatic heterocycles. The lowest BCUT2D eigenvalue weighted by atomic mass is 10.2. The second-order valence-electron chi connectivity index (χ2n) is 6.62. The number of carbonyl (C=O) groups is 1. The highest BCUT2D eigenvalue weighted by Crippen LogP contribution is 2.22. The molecule has 4 rings (SSSR count). The highest BCUT2D eigenvalue weighted by Gasteiger charge is 2.12. The van der Waals surface area contributed by atoms with Gasteiger partial charge in [0.05, 0.1) is 11.0 Å². The molecule has 3 heterocycles. The Bertz CT molecular complexity index is 1270. The molecular formula is C20H19N5O3. The van der Waals surface area contributed by atoms with Gasteiger partial charge in [0, 0.05) is 29.2 Å². The fraction of sp³-hybridized carbons (Fsp3) is 0.150. The van der Waals surface area contributed by atoms with E-state index < -0.39 is 0 Å². The van der Waals surface area contributed by atoms with Gasteiger partial charge in [0.1, 0.15) is 5.76 Å². The number of fused-ring (bicyclic) bond motifs is 1. The van der Waals surface area contributed by atoms with Crippen molar-refractivity contribution in [1.82, 2.24) is 19.7 Å². The number of aryl methyl sites for hydroxylation is 2. The molecule has 1 amide bonds. The van der Waals surface area contributed by atoms with E-state index in [1.807, 2.05) is 37.5 Å². The third-order valence-corrected chi connectivity index (χ3v) is 4.51. The van der Waals surface area contributed by atoms with Gasteiger partial charge >= 0.3 is 5.69 Å². The zero-order valence-electron chi connectivity index (χ0n) is 15.7. The fourth-order valence-electron chi connectivity index (χ4n) is 3.23. The van der Waals surface area contributed by atoms with Gasteiger partial charge in [-0.15, -0.1) is 0 Å². The van der Waals surface area contributed by atoms with E-state index in [0.717, 1.165) is 22.7 Å². The maximum atomic E-state index is 12.3. The van der Waals surface area contributed by atoms with E-state index in [1.54, 1.807) is 24.3 Å². The Morgan fingerprint density at radius 1 is 1.14 bits per heavy atom. The first-order valence-corrected chi connectivity index (χ1v) is 8.74. The number of aromatic nitrogens is 4. The van der Waals surface area contributed by atoms with Gasteiger partial charge < -0.3 is 19.8 Å². The zero-order chi connectivity index (χ0) is 19.8. The highest BCUT2D eigenvalue weighted by atomic mass is 16.5. The highest BCUT2D eigenvalue weighted by molar-refractivity contribution is 6.02. The Kier molecular flexibility index (Phi) is 4.23. The van der Waals surface area contributed by atoms with Gasteiger partial charge in [-0.1, -0.05) is 5.16 Å². The standard InChI is InChI=1S/C20H19N5O3/c1-11-8-14(13(3)25(11)18-9-12(2)28-24-18)4-7-19(26)21-15-5-6-16-17(10-15)23-20(27)22-16/h4-10H,1-3H3,(H,21,26)(H2,22,23,27). The topological polar surface area (TPSA) is 109 Å². The Morgan fingerprint density at radius 2 is 1.93 bits per heavy atom. The van der Waals surface area contributed by atoms with Crippen molar-refractivity contribution in [3.8, 4) is 5.82 Å². The van der Waals surface area contributed by atoms with E-state index in [2.05, 4.69) is 20.4 Å². The average Bonchev–Trinajstić information content (AvgIpc) is 3.29. The maximum absolute atomic E-state index is 12.3. The summed E-state index contributed by atoms with van der Waals surface area (Å²) in [6.07, 6.45) is 3.24. The van der Waals surface area contributed by atoms with E-state index in [1.165, 1.54) is 6.08 Å². The summed E-state index contributed by atoms with van der Waals surface area (Å²) >= 11 is 0. The Balaban J connectivity index is 1.53. The number of hydrogen-bond donors (Lipinski definition) is 3. The summed E-state index contributed by atoms with van der Waals surface area (Å²) in [5, 5.41) is 6.85. The van der Waals surface area contributed by atoms with Crippen molar-refractivity contribution in [2.45, 2.75) is 20.8 Å². The Labute approximate surface area is 159 Å². The van der Waals surface area contributed by atoms with Gasteiger partial charge in [0.15, 0.2) is 5.82 Å². The van der Waals surface area contributed by atoms with Crippen LogP contribution >= 0.6 is 0 Å². The predicted octanol–water partition coefficient (Wildman–Crippen LogP) is 3.21. The van der Waals surface area contributed by atoms with Gasteiger partial charge in [-0.05, 0) is 56.7 Å². The van der Waals surface area contributed by atoms with E-state index in [4.69, 9.17) is 4.52 Å². The van der Waals surface area contributed by atoms with E-state index in [9.17, 15) is 9.59 Å². The minimum absolute atomic E-state index is 0.265. The number of anilines is 1. The largest absolute Gasteiger partial charge is 0.360 e. The molecule has 3 N–H and O–H groups in total. The molecule has 28 heavy (non-hydrogen) atoms. The van der Waals surface area contributed by atoms with Crippen LogP contribution in [-0.2, 0) is 4.79 Å². The molecule has 142 valence electrons. The first kappa shape index (κ1) is 17.6. The predicted molar refractivity (Wildman–Crippen MR) is 107 cm³/mol. The van der Waals surface area contributed by atoms with E-state index in [-0.39, 0.29) is 11.6 Å². The number of H-pyrrole nitrogens is 2. The molecule has 0 aliphatic carbocycles. The van der Waals surface area contributed by atoms with Crippen LogP contribution < -0.4 is 11.0 Å². The molecule has 0 unspecified atom stereocenters. The zero-order valence-corrected chi connectivity index (χ0v) is 15.7. The molecular weight excluding hydrogens is 358 g/mol. The maximum Gasteiger partial charge on any atom is 0.323 e. The monoisotopic (exact) mass is 377 g/mol. The molecule has 4 aromatic rings. The van der Waals surface area contributed by atoms with Crippen LogP contribution in [-0.4, -0.2) is 25.6 Å². The van der Waals surface area contributed by atoms with Crippen molar-refractivity contribution in [2.24, 2.45) is 0 Å². The van der Waals surface area contributed by atoms with Crippen molar-refractivity contribution in [2.75, 3.05) is 5.32 Å². The van der Waals surface area contributed by atoms with Crippen molar-refractivity contribution in [3.05, 3.63) is 69.6 Å². The molecule has 0 aliphatic rings. The number of nitrogens with one attached hydrogen (secondary N) is 3. The average molecular weight is 377 g/mol. The fourth-order valence-corrected chi connectivity index (χ4v) is 3.23. The molecule has 0 atom stereocenters. The molecule has 0 fully saturated rings. The molecule has 0 bridgehead atoms. The number of amides is 1. The lowest BCUT2D eigenvalue weighted by Crippen LogP contribution is -2.07. The first-order chi connectivity index (χ1) is 13.4. The number of imidazole rings is 1. The molecule has 1 aromatic carbocycles. The summed E-state index contributed by atoms with van der Waals surface area (Å²) in [7, 11) is 0. The van der Waals surface area contributed by atoms with E-state index >= 15 is 0 Å². The number of carbonyl (C=O) groups excluding carboxylic acids is 1. The van der Waals surface area contributed by atoms with Crippen LogP contribution in [0.15, 0.2) is 45.7 Å². The second-order valence-corrected chi connectivity index (χ2v) is 6.62. The van der Waals surface area contributed by atoms with Crippen LogP contribution in [0.25, 0.3) is 22.9 Å². The summed E-state index contributed by atoms with van der Waals surface area (Å²) in [5.74, 6) is 1.18. The summed E-state index contributed by atoms with van der Waals surface area (Å²) in [6.45, 7) is 5.78. The number of nitrogens with zero attached hydrogens (tertiary/aromatic N) is 2. The van der Waals surface area contributed by atoms with Crippen LogP contribution in [0.5, 0.6) is 0 Å². The number of aromatic amines is 2. The Hall–Kier alpha value is -3.81. The molecule has 0 radical (unpaired) electrons. The molecule has 8 nitrogen and oxygen atoms in total. The Morgan fingerprint density at radius 3 is 2.68 bits per heavy atom. The van der Waals surface area contributed by atoms with Gasteiger partial charge in [-0.3, -0.25) is 9.36 Å². The van der Waals surface area contributed by atoms with Crippen LogP contribution in [0.1, 0.15) is 22.7 Å². The summed E-state index contributed by atoms with van der Waals surface area (Å²) in [4.78, 5) is 28.9. The molecule has 0 spiro atoms. The first-order valence-electron chi connectivity index (χ1n) is 8.74. The number of benzene rings is 1. The van der Waals surface area contributed by atoms with Crippen molar-refractivity contribution < 1.29 is 9.32 Å². The van der Waals surface area contributed by atoms with Gasteiger partial charge in [-0.2, -0.15) is 0 Å². The third-order valence-electron chi connectivity index (χ3n) is 4.51. The normalized spacial score (nSPS) is 11.5. The van der Waals surface area contributed by atoms with Crippen LogP contribution in [0.3, 0.4) is 0 Å². The summed E-state index contributed by atoms with van der Waals surface area (Å²) in [6, 6.07) is 9.02. The number of rotatable bonds is 4. The van der Waals surface area contributed by atoms with E-state index in [0.29, 0.717) is 22.5 Å². The molecule has 8 heteroatoms. The summed E-state index contributed by atoms with van der Waals surface area (Å²) < 4.78 is 7.13. The SMILES string of the molecule is Cc1cc(-n2c(C)cc(C=CC(=O)Nc3ccc4[nH]c(=O)[nH]c4c3)c2C)no1. The minimum Gasteiger partial charge on any atom is -0.360 e. The third kappa shape index (κ3) is 3.27. The van der Waals surface area contributed by atoms with Crippen molar-refractivity contribution >= 4 is 28.7 Å². The lowest BCUT2D eigenvalue weighted by Gasteiger charge is -2.04. The van der Waals surface area contributed by atoms with Crippen molar-refractivity contribution in [1.29, 1.82) is 0 Å². The van der Waals surface area contributed by atoms with Gasteiger partial charge in [0.2, 0.25) is 5.91 Å². The quantitative estimate of drug-likeness (QED) is 0.475. The second kappa shape index (κ2) is 6.73. The summed E-state index contributed by atoms with van der Waals surface area (Å²) in [5.41, 5.74) is 4.51. The van der Waals surface area contributed by atoms with Crippen LogP contribution in [0.2, 0.25) is 0 Å². The van der Waals surface area contributed by atoms with Crippen molar-refractivity contribution in [3.63, 3.8) is 0 Å². The molecule has 3 aromatic heterocycles. The molecule has 0 saturated carbocycles.